The lowest BCUT2D eigenvalue weighted by Crippen LogP contribution is -1.95. The molecule has 0 bridgehead atoms. The lowest BCUT2D eigenvalue weighted by atomic mass is 10.2. The lowest BCUT2D eigenvalue weighted by Gasteiger charge is -1.95. The number of H-pyrrole nitrogens is 1. The molecule has 0 saturated heterocycles. The SMILES string of the molecule is CCNc1cc2c(ccc3sc(N)cc32)[nH]1. The Morgan fingerprint density at radius 3 is 3.00 bits per heavy atom. The second-order valence-corrected chi connectivity index (χ2v) is 4.92. The quantitative estimate of drug-likeness (QED) is 0.633. The van der Waals surface area contributed by atoms with E-state index in [4.69, 9.17) is 5.73 Å². The first-order valence-electron chi connectivity index (χ1n) is 5.32. The van der Waals surface area contributed by atoms with Crippen molar-refractivity contribution in [2.45, 2.75) is 6.92 Å². The van der Waals surface area contributed by atoms with Gasteiger partial charge in [-0.2, -0.15) is 0 Å². The largest absolute Gasteiger partial charge is 0.391 e. The molecule has 0 aliphatic carbocycles. The Hall–Kier alpha value is -1.68. The van der Waals surface area contributed by atoms with E-state index in [0.717, 1.165) is 22.9 Å². The molecule has 82 valence electrons. The van der Waals surface area contributed by atoms with Crippen LogP contribution in [0, 0.1) is 0 Å². The third kappa shape index (κ3) is 1.34. The average Bonchev–Trinajstić information content (AvgIpc) is 2.79. The number of aromatic nitrogens is 1. The van der Waals surface area contributed by atoms with Crippen LogP contribution >= 0.6 is 11.3 Å². The summed E-state index contributed by atoms with van der Waals surface area (Å²) in [5.74, 6) is 1.06. The van der Waals surface area contributed by atoms with Crippen molar-refractivity contribution in [2.75, 3.05) is 17.6 Å². The van der Waals surface area contributed by atoms with Crippen LogP contribution in [-0.2, 0) is 0 Å². The van der Waals surface area contributed by atoms with E-state index in [1.165, 1.54) is 15.5 Å². The van der Waals surface area contributed by atoms with Crippen molar-refractivity contribution in [2.24, 2.45) is 0 Å². The van der Waals surface area contributed by atoms with E-state index >= 15 is 0 Å². The average molecular weight is 231 g/mol. The van der Waals surface area contributed by atoms with Gasteiger partial charge < -0.3 is 16.0 Å². The highest BCUT2D eigenvalue weighted by molar-refractivity contribution is 7.22. The summed E-state index contributed by atoms with van der Waals surface area (Å²) in [6, 6.07) is 8.42. The maximum Gasteiger partial charge on any atom is 0.104 e. The molecule has 0 atom stereocenters. The second kappa shape index (κ2) is 3.42. The highest BCUT2D eigenvalue weighted by atomic mass is 32.1. The summed E-state index contributed by atoms with van der Waals surface area (Å²) in [5.41, 5.74) is 6.99. The summed E-state index contributed by atoms with van der Waals surface area (Å²) >= 11 is 1.63. The van der Waals surface area contributed by atoms with Crippen LogP contribution in [0.2, 0.25) is 0 Å². The number of benzene rings is 1. The van der Waals surface area contributed by atoms with Gasteiger partial charge in [0.25, 0.3) is 0 Å². The van der Waals surface area contributed by atoms with Gasteiger partial charge in [0, 0.05) is 27.5 Å². The van der Waals surface area contributed by atoms with E-state index in [9.17, 15) is 0 Å². The predicted molar refractivity (Wildman–Crippen MR) is 72.3 cm³/mol. The Bertz CT molecular complexity index is 651. The van der Waals surface area contributed by atoms with E-state index in [0.29, 0.717) is 0 Å². The van der Waals surface area contributed by atoms with Crippen LogP contribution < -0.4 is 11.1 Å². The molecule has 3 rings (SSSR count). The number of rotatable bonds is 2. The molecule has 4 N–H and O–H groups in total. The standard InChI is InChI=1S/C12H13N3S/c1-2-14-12-6-7-8-5-11(13)16-10(8)4-3-9(7)15-12/h3-6,14-15H,2,13H2,1H3. The molecule has 4 heteroatoms. The molecule has 3 nitrogen and oxygen atoms in total. The fraction of sp³-hybridized carbons (Fsp3) is 0.167. The summed E-state index contributed by atoms with van der Waals surface area (Å²) in [4.78, 5) is 3.35. The second-order valence-electron chi connectivity index (χ2n) is 3.80. The van der Waals surface area contributed by atoms with Crippen LogP contribution in [0.15, 0.2) is 24.3 Å². The summed E-state index contributed by atoms with van der Waals surface area (Å²) < 4.78 is 1.24. The van der Waals surface area contributed by atoms with E-state index in [2.05, 4.69) is 35.4 Å². The van der Waals surface area contributed by atoms with Crippen LogP contribution in [0.5, 0.6) is 0 Å². The minimum Gasteiger partial charge on any atom is -0.391 e. The third-order valence-corrected chi connectivity index (χ3v) is 3.62. The monoisotopic (exact) mass is 231 g/mol. The first-order chi connectivity index (χ1) is 7.78. The lowest BCUT2D eigenvalue weighted by molar-refractivity contribution is 1.19. The number of thiophene rings is 1. The van der Waals surface area contributed by atoms with Crippen molar-refractivity contribution >= 4 is 43.1 Å². The minimum absolute atomic E-state index is 0.869. The Kier molecular flexibility index (Phi) is 2.04. The first-order valence-corrected chi connectivity index (χ1v) is 6.14. The van der Waals surface area contributed by atoms with E-state index in [-0.39, 0.29) is 0 Å². The van der Waals surface area contributed by atoms with Crippen molar-refractivity contribution < 1.29 is 0 Å². The molecule has 0 aliphatic heterocycles. The zero-order valence-electron chi connectivity index (χ0n) is 9.00. The maximum atomic E-state index is 5.84. The summed E-state index contributed by atoms with van der Waals surface area (Å²) in [7, 11) is 0. The number of hydrogen-bond donors (Lipinski definition) is 3. The van der Waals surface area contributed by atoms with Gasteiger partial charge in [-0.15, -0.1) is 11.3 Å². The van der Waals surface area contributed by atoms with Crippen molar-refractivity contribution in [3.8, 4) is 0 Å². The number of nitrogen functional groups attached to an aromatic ring is 1. The van der Waals surface area contributed by atoms with E-state index in [1.807, 2.05) is 6.07 Å². The van der Waals surface area contributed by atoms with Crippen LogP contribution in [0.4, 0.5) is 10.8 Å². The molecule has 2 heterocycles. The van der Waals surface area contributed by atoms with Gasteiger partial charge in [-0.3, -0.25) is 0 Å². The number of nitrogens with two attached hydrogens (primary N) is 1. The Morgan fingerprint density at radius 1 is 1.31 bits per heavy atom. The number of hydrogen-bond acceptors (Lipinski definition) is 3. The molecular formula is C12H13N3S. The minimum atomic E-state index is 0.869. The molecule has 0 saturated carbocycles. The maximum absolute atomic E-state index is 5.84. The fourth-order valence-electron chi connectivity index (χ4n) is 2.03. The Labute approximate surface area is 97.3 Å². The zero-order chi connectivity index (χ0) is 11.1. The van der Waals surface area contributed by atoms with Crippen LogP contribution in [0.1, 0.15) is 6.92 Å². The molecule has 0 spiro atoms. The van der Waals surface area contributed by atoms with Gasteiger partial charge in [-0.05, 0) is 31.2 Å². The molecule has 16 heavy (non-hydrogen) atoms. The van der Waals surface area contributed by atoms with Gasteiger partial charge in [0.15, 0.2) is 0 Å². The summed E-state index contributed by atoms with van der Waals surface area (Å²) in [6.07, 6.45) is 0. The summed E-state index contributed by atoms with van der Waals surface area (Å²) in [6.45, 7) is 3.01. The Balaban J connectivity index is 2.31. The predicted octanol–water partition coefficient (Wildman–Crippen LogP) is 3.40. The number of nitrogens with one attached hydrogen (secondary N) is 2. The molecule has 0 amide bonds. The van der Waals surface area contributed by atoms with Gasteiger partial charge >= 0.3 is 0 Å². The van der Waals surface area contributed by atoms with Crippen molar-refractivity contribution in [1.82, 2.24) is 4.98 Å². The van der Waals surface area contributed by atoms with E-state index in [1.54, 1.807) is 11.3 Å². The summed E-state index contributed by atoms with van der Waals surface area (Å²) in [5, 5.41) is 6.63. The highest BCUT2D eigenvalue weighted by Crippen LogP contribution is 2.34. The number of anilines is 2. The van der Waals surface area contributed by atoms with Crippen molar-refractivity contribution in [3.05, 3.63) is 24.3 Å². The van der Waals surface area contributed by atoms with Crippen LogP contribution in [0.3, 0.4) is 0 Å². The van der Waals surface area contributed by atoms with Crippen LogP contribution in [-0.4, -0.2) is 11.5 Å². The topological polar surface area (TPSA) is 53.8 Å². The highest BCUT2D eigenvalue weighted by Gasteiger charge is 2.06. The van der Waals surface area contributed by atoms with Gasteiger partial charge in [-0.1, -0.05) is 0 Å². The number of fused-ring (bicyclic) bond motifs is 3. The van der Waals surface area contributed by atoms with Crippen LogP contribution in [0.25, 0.3) is 21.0 Å². The van der Waals surface area contributed by atoms with E-state index < -0.39 is 0 Å². The normalized spacial score (nSPS) is 11.3. The fourth-order valence-corrected chi connectivity index (χ4v) is 2.87. The molecule has 2 aromatic heterocycles. The van der Waals surface area contributed by atoms with Gasteiger partial charge in [-0.25, -0.2) is 0 Å². The molecule has 3 aromatic rings. The third-order valence-electron chi connectivity index (χ3n) is 2.69. The molecule has 0 fully saturated rings. The molecular weight excluding hydrogens is 218 g/mol. The molecule has 1 aromatic carbocycles. The Morgan fingerprint density at radius 2 is 2.19 bits per heavy atom. The van der Waals surface area contributed by atoms with Gasteiger partial charge in [0.1, 0.15) is 5.82 Å². The molecule has 0 unspecified atom stereocenters. The zero-order valence-corrected chi connectivity index (χ0v) is 9.82. The smallest absolute Gasteiger partial charge is 0.104 e. The first kappa shape index (κ1) is 9.54. The van der Waals surface area contributed by atoms with Gasteiger partial charge in [0.2, 0.25) is 0 Å². The van der Waals surface area contributed by atoms with Crippen molar-refractivity contribution in [1.29, 1.82) is 0 Å². The molecule has 0 aliphatic rings. The molecule has 0 radical (unpaired) electrons. The van der Waals surface area contributed by atoms with Gasteiger partial charge in [0.05, 0.1) is 5.00 Å². The van der Waals surface area contributed by atoms with Crippen molar-refractivity contribution in [3.63, 3.8) is 0 Å². The number of aromatic amines is 1.